The van der Waals surface area contributed by atoms with E-state index in [1.807, 2.05) is 5.51 Å². The van der Waals surface area contributed by atoms with E-state index in [2.05, 4.69) is 22.4 Å². The van der Waals surface area contributed by atoms with Crippen LogP contribution in [0.3, 0.4) is 0 Å². The first-order chi connectivity index (χ1) is 8.73. The second kappa shape index (κ2) is 3.92. The fourth-order valence-corrected chi connectivity index (χ4v) is 5.82. The number of hydrogen-bond donors (Lipinski definition) is 1. The van der Waals surface area contributed by atoms with Crippen LogP contribution in [0.25, 0.3) is 0 Å². The summed E-state index contributed by atoms with van der Waals surface area (Å²) in [6.07, 6.45) is 8.91. The van der Waals surface area contributed by atoms with Gasteiger partial charge >= 0.3 is 0 Å². The van der Waals surface area contributed by atoms with Crippen molar-refractivity contribution in [3.05, 3.63) is 5.51 Å². The summed E-state index contributed by atoms with van der Waals surface area (Å²) in [5.41, 5.74) is 2.37. The first-order valence-corrected chi connectivity index (χ1v) is 8.14. The van der Waals surface area contributed by atoms with Gasteiger partial charge in [0, 0.05) is 6.04 Å². The van der Waals surface area contributed by atoms with Crippen LogP contribution in [-0.4, -0.2) is 16.2 Å². The first-order valence-electron chi connectivity index (χ1n) is 7.26. The third-order valence-electron chi connectivity index (χ3n) is 5.70. The molecule has 0 radical (unpaired) electrons. The van der Waals surface area contributed by atoms with Crippen molar-refractivity contribution >= 4 is 16.5 Å². The molecule has 4 fully saturated rings. The zero-order valence-electron chi connectivity index (χ0n) is 10.9. The molecule has 0 spiro atoms. The maximum atomic E-state index is 4.14. The highest BCUT2D eigenvalue weighted by Gasteiger charge is 2.53. The summed E-state index contributed by atoms with van der Waals surface area (Å²) in [6.45, 7) is 2.37. The average Bonchev–Trinajstić information content (AvgIpc) is 2.79. The Kier molecular flexibility index (Phi) is 2.44. The Labute approximate surface area is 112 Å². The van der Waals surface area contributed by atoms with Gasteiger partial charge in [0.2, 0.25) is 5.13 Å². The Bertz CT molecular complexity index is 393. The summed E-state index contributed by atoms with van der Waals surface area (Å²) in [7, 11) is 0. The van der Waals surface area contributed by atoms with Crippen LogP contribution in [0.2, 0.25) is 0 Å². The zero-order chi connectivity index (χ0) is 12.2. The molecule has 98 valence electrons. The minimum absolute atomic E-state index is 0.554. The van der Waals surface area contributed by atoms with E-state index >= 15 is 0 Å². The van der Waals surface area contributed by atoms with Crippen molar-refractivity contribution in [2.75, 3.05) is 5.32 Å². The minimum Gasteiger partial charge on any atom is -0.357 e. The lowest BCUT2D eigenvalue weighted by Crippen LogP contribution is -2.52. The number of nitrogens with one attached hydrogen (secondary N) is 1. The van der Waals surface area contributed by atoms with E-state index in [0.717, 1.165) is 22.9 Å². The monoisotopic (exact) mass is 263 g/mol. The summed E-state index contributed by atoms with van der Waals surface area (Å²) < 4.78 is 0. The zero-order valence-corrected chi connectivity index (χ0v) is 11.7. The fraction of sp³-hybridized carbons (Fsp3) is 0.857. The molecule has 18 heavy (non-hydrogen) atoms. The van der Waals surface area contributed by atoms with E-state index in [1.165, 1.54) is 38.5 Å². The van der Waals surface area contributed by atoms with E-state index in [0.29, 0.717) is 11.5 Å². The highest BCUT2D eigenvalue weighted by atomic mass is 32.1. The Morgan fingerprint density at radius 1 is 1.22 bits per heavy atom. The molecule has 5 rings (SSSR count). The van der Waals surface area contributed by atoms with Gasteiger partial charge < -0.3 is 5.32 Å². The highest BCUT2D eigenvalue weighted by Crippen LogP contribution is 2.61. The third-order valence-corrected chi connectivity index (χ3v) is 6.33. The topological polar surface area (TPSA) is 37.8 Å². The first kappa shape index (κ1) is 11.2. The minimum atomic E-state index is 0.554. The molecule has 4 bridgehead atoms. The van der Waals surface area contributed by atoms with Gasteiger partial charge in [-0.3, -0.25) is 0 Å². The van der Waals surface area contributed by atoms with E-state index < -0.39 is 0 Å². The van der Waals surface area contributed by atoms with Crippen LogP contribution in [0.1, 0.15) is 45.4 Å². The van der Waals surface area contributed by atoms with E-state index in [-0.39, 0.29) is 0 Å². The third kappa shape index (κ3) is 1.68. The van der Waals surface area contributed by atoms with Crippen LogP contribution >= 0.6 is 11.3 Å². The number of aromatic nitrogens is 2. The highest BCUT2D eigenvalue weighted by molar-refractivity contribution is 7.13. The van der Waals surface area contributed by atoms with Crippen molar-refractivity contribution in [1.82, 2.24) is 10.2 Å². The van der Waals surface area contributed by atoms with Crippen LogP contribution in [-0.2, 0) is 0 Å². The number of rotatable bonds is 3. The quantitative estimate of drug-likeness (QED) is 0.906. The molecule has 4 aliphatic rings. The van der Waals surface area contributed by atoms with Crippen LogP contribution in [0.15, 0.2) is 5.51 Å². The summed E-state index contributed by atoms with van der Waals surface area (Å²) in [5.74, 6) is 3.07. The standard InChI is InChI=1S/C14H21N3S/c1-9(16-13-17-15-8-18-13)14-5-10-2-11(6-14)4-12(3-10)7-14/h8-12H,2-7H2,1H3,(H,16,17). The lowest BCUT2D eigenvalue weighted by molar-refractivity contribution is -0.0602. The summed E-state index contributed by atoms with van der Waals surface area (Å²) in [4.78, 5) is 0. The summed E-state index contributed by atoms with van der Waals surface area (Å²) >= 11 is 1.62. The average molecular weight is 263 g/mol. The van der Waals surface area contributed by atoms with Gasteiger partial charge in [-0.1, -0.05) is 11.3 Å². The van der Waals surface area contributed by atoms with Gasteiger partial charge in [-0.2, -0.15) is 0 Å². The lowest BCUT2D eigenvalue weighted by atomic mass is 9.48. The normalized spacial score (nSPS) is 43.1. The van der Waals surface area contributed by atoms with Crippen molar-refractivity contribution in [2.24, 2.45) is 23.2 Å². The molecule has 0 saturated heterocycles. The van der Waals surface area contributed by atoms with Crippen molar-refractivity contribution in [1.29, 1.82) is 0 Å². The predicted molar refractivity (Wildman–Crippen MR) is 73.6 cm³/mol. The van der Waals surface area contributed by atoms with Crippen LogP contribution in [0.4, 0.5) is 5.13 Å². The summed E-state index contributed by atoms with van der Waals surface area (Å²) in [6, 6.07) is 0.554. The molecule has 1 heterocycles. The molecule has 1 N–H and O–H groups in total. The molecule has 1 atom stereocenters. The molecular formula is C14H21N3S. The molecule has 0 aliphatic heterocycles. The van der Waals surface area contributed by atoms with Crippen molar-refractivity contribution < 1.29 is 0 Å². The maximum absolute atomic E-state index is 4.14. The molecule has 4 saturated carbocycles. The van der Waals surface area contributed by atoms with Gasteiger partial charge in [0.15, 0.2) is 0 Å². The van der Waals surface area contributed by atoms with Crippen molar-refractivity contribution in [2.45, 2.75) is 51.5 Å². The van der Waals surface area contributed by atoms with Gasteiger partial charge in [-0.05, 0) is 68.6 Å². The molecule has 0 aromatic carbocycles. The van der Waals surface area contributed by atoms with Gasteiger partial charge in [0.1, 0.15) is 5.51 Å². The van der Waals surface area contributed by atoms with Crippen LogP contribution in [0.5, 0.6) is 0 Å². The van der Waals surface area contributed by atoms with Gasteiger partial charge in [-0.15, -0.1) is 10.2 Å². The Morgan fingerprint density at radius 3 is 2.33 bits per heavy atom. The Hall–Kier alpha value is -0.640. The molecule has 4 aliphatic carbocycles. The lowest BCUT2D eigenvalue weighted by Gasteiger charge is -2.59. The van der Waals surface area contributed by atoms with Gasteiger partial charge in [0.25, 0.3) is 0 Å². The van der Waals surface area contributed by atoms with Gasteiger partial charge in [0.05, 0.1) is 0 Å². The summed E-state index contributed by atoms with van der Waals surface area (Å²) in [5, 5.41) is 12.7. The Balaban J connectivity index is 1.56. The smallest absolute Gasteiger partial charge is 0.205 e. The van der Waals surface area contributed by atoms with E-state index in [9.17, 15) is 0 Å². The number of anilines is 1. The van der Waals surface area contributed by atoms with E-state index in [1.54, 1.807) is 11.3 Å². The molecule has 4 heteroatoms. The SMILES string of the molecule is CC(Nc1nncs1)C12CC3CC(CC(C3)C1)C2. The molecule has 1 aromatic heterocycles. The fourth-order valence-electron chi connectivity index (χ4n) is 5.28. The number of nitrogens with zero attached hydrogens (tertiary/aromatic N) is 2. The molecule has 1 unspecified atom stereocenters. The van der Waals surface area contributed by atoms with Crippen molar-refractivity contribution in [3.63, 3.8) is 0 Å². The van der Waals surface area contributed by atoms with Crippen LogP contribution < -0.4 is 5.32 Å². The van der Waals surface area contributed by atoms with Gasteiger partial charge in [-0.25, -0.2) is 0 Å². The Morgan fingerprint density at radius 2 is 1.83 bits per heavy atom. The molecule has 3 nitrogen and oxygen atoms in total. The number of hydrogen-bond acceptors (Lipinski definition) is 4. The second-order valence-electron chi connectivity index (χ2n) is 6.89. The maximum Gasteiger partial charge on any atom is 0.205 e. The second-order valence-corrected chi connectivity index (χ2v) is 7.72. The molecule has 1 aromatic rings. The predicted octanol–water partition coefficient (Wildman–Crippen LogP) is 3.55. The van der Waals surface area contributed by atoms with E-state index in [4.69, 9.17) is 0 Å². The molecule has 0 amide bonds. The largest absolute Gasteiger partial charge is 0.357 e. The van der Waals surface area contributed by atoms with Crippen LogP contribution in [0, 0.1) is 23.2 Å². The van der Waals surface area contributed by atoms with Crippen molar-refractivity contribution in [3.8, 4) is 0 Å². The molecular weight excluding hydrogens is 242 g/mol.